The number of hydrogen-bond acceptors (Lipinski definition) is 7. The number of nitrogens with zero attached hydrogens (tertiary/aromatic N) is 1. The number of hydrogen-bond donors (Lipinski definition) is 2. The zero-order chi connectivity index (χ0) is 33.8. The van der Waals surface area contributed by atoms with Gasteiger partial charge in [0.2, 0.25) is 0 Å². The maximum atomic E-state index is 14.9. The van der Waals surface area contributed by atoms with Gasteiger partial charge in [-0.3, -0.25) is 14.4 Å². The Balaban J connectivity index is 1.38. The van der Waals surface area contributed by atoms with E-state index >= 15 is 0 Å². The van der Waals surface area contributed by atoms with Crippen molar-refractivity contribution in [3.8, 4) is 34.1 Å². The maximum Gasteiger partial charge on any atom is 0.260 e. The Morgan fingerprint density at radius 1 is 0.896 bits per heavy atom. The van der Waals surface area contributed by atoms with E-state index in [9.17, 15) is 23.2 Å². The lowest BCUT2D eigenvalue weighted by atomic mass is 9.98. The Bertz CT molecular complexity index is 1870. The minimum absolute atomic E-state index is 0.0109. The number of halogens is 2. The molecule has 0 unspecified atom stereocenters. The van der Waals surface area contributed by atoms with Crippen molar-refractivity contribution in [1.82, 2.24) is 15.5 Å². The summed E-state index contributed by atoms with van der Waals surface area (Å²) in [5.41, 5.74) is 1.80. The number of methoxy groups -OCH3 is 2. The molecule has 4 aromatic rings. The predicted octanol–water partition coefficient (Wildman–Crippen LogP) is 4.75. The van der Waals surface area contributed by atoms with Gasteiger partial charge in [-0.2, -0.15) is 0 Å². The first-order chi connectivity index (χ1) is 23.2. The number of ether oxygens (including phenoxy) is 4. The average molecular weight is 658 g/mol. The van der Waals surface area contributed by atoms with E-state index < -0.39 is 41.5 Å². The van der Waals surface area contributed by atoms with E-state index in [4.69, 9.17) is 18.9 Å². The van der Waals surface area contributed by atoms with Crippen molar-refractivity contribution < 1.29 is 42.1 Å². The van der Waals surface area contributed by atoms with Gasteiger partial charge in [0.15, 0.2) is 6.61 Å². The lowest BCUT2D eigenvalue weighted by Crippen LogP contribution is -2.58. The standard InChI is InChI=1S/C36H33F2N3O7/c1-45-30-10-9-23-16-27(30)22-5-3-6-25(15-22)47-20-33(42)39-18-21-13-24(37)17-26(14-21)48-31-11-12-41(19-29(31)40-35(23)43)36(44)34-28(38)7-4-8-32(34)46-2/h3-10,13-17,29,31H,11-12,18-20H2,1-2H3,(H,39,42)(H,40,43)/t29-,31-/m1/s1. The number of likely N-dealkylation sites (tertiary alicyclic amines) is 1. The van der Waals surface area contributed by atoms with E-state index in [0.29, 0.717) is 33.8 Å². The average Bonchev–Trinajstić information content (AvgIpc) is 3.09. The number of fused-ring (bicyclic) bond motifs is 8. The maximum absolute atomic E-state index is 14.9. The molecular weight excluding hydrogens is 624 g/mol. The van der Waals surface area contributed by atoms with Crippen LogP contribution in [0.3, 0.4) is 0 Å². The van der Waals surface area contributed by atoms with Gasteiger partial charge in [-0.05, 0) is 65.7 Å². The molecule has 2 N–H and O–H groups in total. The SMILES string of the molecule is COc1ccc2cc1-c1cccc(c1)OCC(=O)NCc1cc(F)cc(c1)O[C@@H]1CCN(C(=O)c3c(F)cccc3OC)C[C@H]1NC2=O. The molecule has 48 heavy (non-hydrogen) atoms. The second-order valence-electron chi connectivity index (χ2n) is 11.4. The summed E-state index contributed by atoms with van der Waals surface area (Å²) in [4.78, 5) is 41.5. The van der Waals surface area contributed by atoms with Crippen LogP contribution < -0.4 is 29.6 Å². The van der Waals surface area contributed by atoms with E-state index in [1.54, 1.807) is 42.5 Å². The van der Waals surface area contributed by atoms with Gasteiger partial charge < -0.3 is 34.5 Å². The fourth-order valence-electron chi connectivity index (χ4n) is 5.88. The molecule has 0 aliphatic carbocycles. The van der Waals surface area contributed by atoms with Crippen molar-refractivity contribution in [2.45, 2.75) is 25.1 Å². The summed E-state index contributed by atoms with van der Waals surface area (Å²) in [7, 11) is 2.87. The molecule has 6 rings (SSSR count). The van der Waals surface area contributed by atoms with Gasteiger partial charge in [0.1, 0.15) is 46.3 Å². The zero-order valence-corrected chi connectivity index (χ0v) is 26.3. The molecule has 248 valence electrons. The number of piperidine rings is 1. The molecule has 10 nitrogen and oxygen atoms in total. The molecule has 2 aliphatic rings. The van der Waals surface area contributed by atoms with Crippen molar-refractivity contribution in [2.75, 3.05) is 33.9 Å². The summed E-state index contributed by atoms with van der Waals surface area (Å²) in [5.74, 6) is -1.62. The summed E-state index contributed by atoms with van der Waals surface area (Å²) in [5, 5.41) is 5.72. The summed E-state index contributed by atoms with van der Waals surface area (Å²) < 4.78 is 52.4. The molecule has 2 atom stereocenters. The largest absolute Gasteiger partial charge is 0.496 e. The molecule has 2 aliphatic heterocycles. The molecular formula is C36H33F2N3O7. The number of amides is 3. The second kappa shape index (κ2) is 14.0. The first kappa shape index (κ1) is 32.3. The van der Waals surface area contributed by atoms with Crippen molar-refractivity contribution in [2.24, 2.45) is 0 Å². The molecule has 0 spiro atoms. The molecule has 12 heteroatoms. The van der Waals surface area contributed by atoms with Crippen LogP contribution in [-0.4, -0.2) is 68.7 Å². The van der Waals surface area contributed by atoms with Gasteiger partial charge in [0, 0.05) is 43.2 Å². The summed E-state index contributed by atoms with van der Waals surface area (Å²) >= 11 is 0. The fraction of sp³-hybridized carbons (Fsp3) is 0.250. The highest BCUT2D eigenvalue weighted by molar-refractivity contribution is 5.98. The highest BCUT2D eigenvalue weighted by Gasteiger charge is 2.36. The Labute approximate surface area is 275 Å². The van der Waals surface area contributed by atoms with Crippen LogP contribution >= 0.6 is 0 Å². The Morgan fingerprint density at radius 3 is 2.52 bits per heavy atom. The number of nitrogens with one attached hydrogen (secondary N) is 2. The third-order valence-corrected chi connectivity index (χ3v) is 8.25. The normalized spacial score (nSPS) is 18.0. The molecule has 1 saturated heterocycles. The number of rotatable bonds is 3. The minimum Gasteiger partial charge on any atom is -0.496 e. The van der Waals surface area contributed by atoms with Crippen molar-refractivity contribution >= 4 is 17.7 Å². The monoisotopic (exact) mass is 657 g/mol. The zero-order valence-electron chi connectivity index (χ0n) is 26.3. The van der Waals surface area contributed by atoms with E-state index in [2.05, 4.69) is 10.6 Å². The van der Waals surface area contributed by atoms with Crippen LogP contribution in [-0.2, 0) is 11.3 Å². The Morgan fingerprint density at radius 2 is 1.71 bits per heavy atom. The summed E-state index contributed by atoms with van der Waals surface area (Å²) in [6.07, 6.45) is -0.469. The van der Waals surface area contributed by atoms with Gasteiger partial charge in [0.05, 0.1) is 20.3 Å². The molecule has 1 fully saturated rings. The lowest BCUT2D eigenvalue weighted by molar-refractivity contribution is -0.123. The third kappa shape index (κ3) is 7.02. The van der Waals surface area contributed by atoms with Crippen LogP contribution in [0.5, 0.6) is 23.0 Å². The van der Waals surface area contributed by atoms with Crippen LogP contribution in [0.2, 0.25) is 0 Å². The van der Waals surface area contributed by atoms with E-state index in [1.807, 2.05) is 6.07 Å². The van der Waals surface area contributed by atoms with Crippen molar-refractivity contribution in [3.63, 3.8) is 0 Å². The van der Waals surface area contributed by atoms with Crippen LogP contribution in [0.25, 0.3) is 11.1 Å². The molecule has 6 bridgehead atoms. The highest BCUT2D eigenvalue weighted by Crippen LogP contribution is 2.33. The molecule has 4 aromatic carbocycles. The first-order valence-corrected chi connectivity index (χ1v) is 15.3. The van der Waals surface area contributed by atoms with Gasteiger partial charge in [-0.1, -0.05) is 18.2 Å². The van der Waals surface area contributed by atoms with Crippen LogP contribution in [0.4, 0.5) is 8.78 Å². The fourth-order valence-corrected chi connectivity index (χ4v) is 5.88. The third-order valence-electron chi connectivity index (χ3n) is 8.25. The predicted molar refractivity (Wildman–Crippen MR) is 171 cm³/mol. The minimum atomic E-state index is -0.788. The smallest absolute Gasteiger partial charge is 0.260 e. The van der Waals surface area contributed by atoms with E-state index in [1.165, 1.54) is 49.5 Å². The number of benzene rings is 4. The highest BCUT2D eigenvalue weighted by atomic mass is 19.1. The molecule has 0 aromatic heterocycles. The summed E-state index contributed by atoms with van der Waals surface area (Å²) in [6, 6.07) is 19.4. The van der Waals surface area contributed by atoms with Crippen molar-refractivity contribution in [3.05, 3.63) is 107 Å². The molecule has 3 amide bonds. The van der Waals surface area contributed by atoms with Gasteiger partial charge >= 0.3 is 0 Å². The number of carbonyl (C=O) groups excluding carboxylic acids is 3. The van der Waals surface area contributed by atoms with Gasteiger partial charge in [-0.25, -0.2) is 8.78 Å². The quantitative estimate of drug-likeness (QED) is 0.327. The molecule has 2 heterocycles. The first-order valence-electron chi connectivity index (χ1n) is 15.3. The summed E-state index contributed by atoms with van der Waals surface area (Å²) in [6.45, 7) is -0.141. The lowest BCUT2D eigenvalue weighted by Gasteiger charge is -2.39. The van der Waals surface area contributed by atoms with Crippen LogP contribution in [0.15, 0.2) is 78.9 Å². The van der Waals surface area contributed by atoms with E-state index in [-0.39, 0.29) is 49.7 Å². The topological polar surface area (TPSA) is 115 Å². The number of carbonyl (C=O) groups is 3. The molecule has 0 saturated carbocycles. The van der Waals surface area contributed by atoms with Crippen LogP contribution in [0.1, 0.15) is 32.7 Å². The Kier molecular flexibility index (Phi) is 9.42. The van der Waals surface area contributed by atoms with E-state index in [0.717, 1.165) is 0 Å². The van der Waals surface area contributed by atoms with Crippen molar-refractivity contribution in [1.29, 1.82) is 0 Å². The molecule has 0 radical (unpaired) electrons. The second-order valence-corrected chi connectivity index (χ2v) is 11.4. The Hall–Kier alpha value is -5.65. The van der Waals surface area contributed by atoms with Gasteiger partial charge in [-0.15, -0.1) is 0 Å². The van der Waals surface area contributed by atoms with Gasteiger partial charge in [0.25, 0.3) is 17.7 Å². The van der Waals surface area contributed by atoms with Crippen LogP contribution in [0, 0.1) is 11.6 Å².